The van der Waals surface area contributed by atoms with E-state index < -0.39 is 0 Å². The molecule has 9 heteroatoms. The van der Waals surface area contributed by atoms with Crippen molar-refractivity contribution in [1.29, 1.82) is 0 Å². The maximum absolute atomic E-state index is 12.1. The van der Waals surface area contributed by atoms with Gasteiger partial charge in [-0.15, -0.1) is 0 Å². The topological polar surface area (TPSA) is 105 Å². The number of hydrogen-bond acceptors (Lipinski definition) is 7. The third-order valence-corrected chi connectivity index (χ3v) is 7.45. The summed E-state index contributed by atoms with van der Waals surface area (Å²) in [5.41, 5.74) is 1.41. The Morgan fingerprint density at radius 1 is 1.05 bits per heavy atom. The SMILES string of the molecule is COc1cc2c(Oc3ccc(NC(=O)NCCC(C)C)cc3)ccnc2cc1OCCN(CCO)C1CCCCC1. The predicted molar refractivity (Wildman–Crippen MR) is 162 cm³/mol. The molecule has 1 aliphatic carbocycles. The fourth-order valence-corrected chi connectivity index (χ4v) is 5.20. The zero-order valence-corrected chi connectivity index (χ0v) is 24.5. The van der Waals surface area contributed by atoms with Crippen LogP contribution in [0.25, 0.3) is 10.9 Å². The average molecular weight is 565 g/mol. The number of amides is 2. The Morgan fingerprint density at radius 2 is 1.83 bits per heavy atom. The summed E-state index contributed by atoms with van der Waals surface area (Å²) in [6, 6.07) is 13.1. The summed E-state index contributed by atoms with van der Waals surface area (Å²) in [6.45, 7) is 6.93. The van der Waals surface area contributed by atoms with E-state index in [1.165, 1.54) is 32.1 Å². The van der Waals surface area contributed by atoms with Gasteiger partial charge in [-0.25, -0.2) is 4.79 Å². The van der Waals surface area contributed by atoms with Crippen molar-refractivity contribution in [3.63, 3.8) is 0 Å². The second-order valence-corrected chi connectivity index (χ2v) is 10.9. The van der Waals surface area contributed by atoms with Crippen LogP contribution < -0.4 is 24.8 Å². The molecule has 41 heavy (non-hydrogen) atoms. The molecule has 0 radical (unpaired) electrons. The molecule has 4 rings (SSSR count). The minimum atomic E-state index is -0.223. The highest BCUT2D eigenvalue weighted by Crippen LogP contribution is 2.37. The summed E-state index contributed by atoms with van der Waals surface area (Å²) in [4.78, 5) is 19.0. The average Bonchev–Trinajstić information content (AvgIpc) is 2.97. The van der Waals surface area contributed by atoms with E-state index in [0.717, 1.165) is 23.9 Å². The van der Waals surface area contributed by atoms with Gasteiger partial charge in [0.15, 0.2) is 11.5 Å². The smallest absolute Gasteiger partial charge is 0.319 e. The summed E-state index contributed by atoms with van der Waals surface area (Å²) >= 11 is 0. The number of anilines is 1. The van der Waals surface area contributed by atoms with Crippen molar-refractivity contribution >= 4 is 22.6 Å². The molecule has 1 heterocycles. The Hall–Kier alpha value is -3.56. The molecule has 1 aliphatic rings. The van der Waals surface area contributed by atoms with Crippen molar-refractivity contribution in [2.45, 2.75) is 58.4 Å². The second-order valence-electron chi connectivity index (χ2n) is 10.9. The molecule has 1 fully saturated rings. The Labute approximate surface area is 243 Å². The van der Waals surface area contributed by atoms with Gasteiger partial charge >= 0.3 is 6.03 Å². The van der Waals surface area contributed by atoms with Crippen LogP contribution in [0, 0.1) is 5.92 Å². The quantitative estimate of drug-likeness (QED) is 0.214. The molecule has 0 bridgehead atoms. The summed E-state index contributed by atoms with van der Waals surface area (Å²) in [7, 11) is 1.62. The fraction of sp³-hybridized carbons (Fsp3) is 0.500. The first kappa shape index (κ1) is 30.4. The molecule has 3 N–H and O–H groups in total. The second kappa shape index (κ2) is 15.4. The molecule has 0 unspecified atom stereocenters. The number of carbonyl (C=O) groups excluding carboxylic acids is 1. The number of ether oxygens (including phenoxy) is 3. The van der Waals surface area contributed by atoms with E-state index in [1.807, 2.05) is 30.3 Å². The number of aromatic nitrogens is 1. The zero-order valence-electron chi connectivity index (χ0n) is 24.5. The number of aliphatic hydroxyl groups is 1. The van der Waals surface area contributed by atoms with Crippen LogP contribution in [-0.4, -0.2) is 67.0 Å². The van der Waals surface area contributed by atoms with Gasteiger partial charge in [-0.3, -0.25) is 9.88 Å². The molecule has 1 saturated carbocycles. The molecule has 0 aliphatic heterocycles. The minimum Gasteiger partial charge on any atom is -0.493 e. The van der Waals surface area contributed by atoms with Gasteiger partial charge < -0.3 is 30.0 Å². The van der Waals surface area contributed by atoms with Gasteiger partial charge in [0.05, 0.1) is 19.2 Å². The molecule has 0 spiro atoms. The van der Waals surface area contributed by atoms with E-state index in [2.05, 4.69) is 34.4 Å². The van der Waals surface area contributed by atoms with Crippen LogP contribution in [0.1, 0.15) is 52.4 Å². The van der Waals surface area contributed by atoms with Crippen molar-refractivity contribution in [1.82, 2.24) is 15.2 Å². The van der Waals surface area contributed by atoms with E-state index >= 15 is 0 Å². The molecule has 0 saturated heterocycles. The first-order chi connectivity index (χ1) is 20.0. The predicted octanol–water partition coefficient (Wildman–Crippen LogP) is 6.21. The third-order valence-electron chi connectivity index (χ3n) is 7.45. The van der Waals surface area contributed by atoms with Crippen molar-refractivity contribution in [3.8, 4) is 23.0 Å². The standard InChI is InChI=1S/C32H44N4O5/c1-23(2)13-15-34-32(38)35-24-9-11-26(12-10-24)41-29-14-16-33-28-22-31(30(39-3)21-27(28)29)40-20-18-36(17-19-37)25-7-5-4-6-8-25/h9-12,14,16,21-23,25,37H,4-8,13,15,17-20H2,1-3H3,(H2,34,35,38). The van der Waals surface area contributed by atoms with Crippen molar-refractivity contribution in [2.75, 3.05) is 45.3 Å². The minimum absolute atomic E-state index is 0.148. The Kier molecular flexibility index (Phi) is 11.5. The van der Waals surface area contributed by atoms with Gasteiger partial charge in [0.2, 0.25) is 0 Å². The van der Waals surface area contributed by atoms with Gasteiger partial charge in [-0.1, -0.05) is 33.1 Å². The number of benzene rings is 2. The first-order valence-corrected chi connectivity index (χ1v) is 14.7. The van der Waals surface area contributed by atoms with Crippen molar-refractivity contribution in [2.24, 2.45) is 5.92 Å². The Balaban J connectivity index is 1.39. The largest absolute Gasteiger partial charge is 0.493 e. The normalized spacial score (nSPS) is 13.9. The summed E-state index contributed by atoms with van der Waals surface area (Å²) < 4.78 is 18.0. The molecule has 2 aromatic carbocycles. The summed E-state index contributed by atoms with van der Waals surface area (Å²) in [5.74, 6) is 3.03. The van der Waals surface area contributed by atoms with Crippen LogP contribution in [0.5, 0.6) is 23.0 Å². The molecule has 9 nitrogen and oxygen atoms in total. The number of rotatable bonds is 14. The van der Waals surface area contributed by atoms with Crippen LogP contribution in [0.4, 0.5) is 10.5 Å². The number of nitrogens with zero attached hydrogens (tertiary/aromatic N) is 2. The molecular formula is C32H44N4O5. The van der Waals surface area contributed by atoms with Crippen LogP contribution in [0.15, 0.2) is 48.7 Å². The summed E-state index contributed by atoms with van der Waals surface area (Å²) in [6.07, 6.45) is 8.79. The first-order valence-electron chi connectivity index (χ1n) is 14.7. The fourth-order valence-electron chi connectivity index (χ4n) is 5.20. The van der Waals surface area contributed by atoms with E-state index in [1.54, 1.807) is 25.4 Å². The molecular weight excluding hydrogens is 520 g/mol. The number of nitrogens with one attached hydrogen (secondary N) is 2. The van der Waals surface area contributed by atoms with Gasteiger partial charge in [0, 0.05) is 49.0 Å². The van der Waals surface area contributed by atoms with Crippen molar-refractivity contribution in [3.05, 3.63) is 48.7 Å². The number of aliphatic hydroxyl groups excluding tert-OH is 1. The Morgan fingerprint density at radius 3 is 2.54 bits per heavy atom. The van der Waals surface area contributed by atoms with E-state index in [9.17, 15) is 9.90 Å². The molecule has 2 amide bonds. The van der Waals surface area contributed by atoms with Gasteiger partial charge in [-0.05, 0) is 61.6 Å². The summed E-state index contributed by atoms with van der Waals surface area (Å²) in [5, 5.41) is 16.1. The van der Waals surface area contributed by atoms with E-state index in [-0.39, 0.29) is 12.6 Å². The lowest BCUT2D eigenvalue weighted by atomic mass is 9.94. The maximum Gasteiger partial charge on any atom is 0.319 e. The number of hydrogen-bond donors (Lipinski definition) is 3. The lowest BCUT2D eigenvalue weighted by molar-refractivity contribution is 0.105. The van der Waals surface area contributed by atoms with Gasteiger partial charge in [-0.2, -0.15) is 0 Å². The maximum atomic E-state index is 12.1. The zero-order chi connectivity index (χ0) is 29.0. The molecule has 1 aromatic heterocycles. The molecule has 222 valence electrons. The lowest BCUT2D eigenvalue weighted by Crippen LogP contribution is -2.41. The van der Waals surface area contributed by atoms with Gasteiger partial charge in [0.25, 0.3) is 0 Å². The number of carbonyl (C=O) groups is 1. The number of methoxy groups -OCH3 is 1. The van der Waals surface area contributed by atoms with Crippen LogP contribution in [0.3, 0.4) is 0 Å². The number of urea groups is 1. The van der Waals surface area contributed by atoms with E-state index in [0.29, 0.717) is 60.3 Å². The van der Waals surface area contributed by atoms with Gasteiger partial charge in [0.1, 0.15) is 18.1 Å². The van der Waals surface area contributed by atoms with E-state index in [4.69, 9.17) is 14.2 Å². The third kappa shape index (κ3) is 8.96. The number of fused-ring (bicyclic) bond motifs is 1. The van der Waals surface area contributed by atoms with Crippen LogP contribution in [-0.2, 0) is 0 Å². The highest BCUT2D eigenvalue weighted by molar-refractivity contribution is 5.89. The molecule has 0 atom stereocenters. The molecule has 3 aromatic rings. The number of pyridine rings is 1. The van der Waals surface area contributed by atoms with Crippen LogP contribution in [0.2, 0.25) is 0 Å². The van der Waals surface area contributed by atoms with Crippen molar-refractivity contribution < 1.29 is 24.1 Å². The highest BCUT2D eigenvalue weighted by Gasteiger charge is 2.21. The Bertz CT molecular complexity index is 1240. The highest BCUT2D eigenvalue weighted by atomic mass is 16.5. The monoisotopic (exact) mass is 564 g/mol. The lowest BCUT2D eigenvalue weighted by Gasteiger charge is -2.33. The van der Waals surface area contributed by atoms with Crippen LogP contribution >= 0.6 is 0 Å².